The van der Waals surface area contributed by atoms with Gasteiger partial charge in [0.2, 0.25) is 0 Å². The van der Waals surface area contributed by atoms with Crippen molar-refractivity contribution in [3.63, 3.8) is 0 Å². The van der Waals surface area contributed by atoms with Gasteiger partial charge in [-0.3, -0.25) is 0 Å². The smallest absolute Gasteiger partial charge is 0.338 e. The van der Waals surface area contributed by atoms with E-state index in [1.165, 1.54) is 7.11 Å². The molecule has 3 aromatic rings. The Balaban J connectivity index is 2.25. The van der Waals surface area contributed by atoms with Gasteiger partial charge in [-0.2, -0.15) is 5.10 Å². The van der Waals surface area contributed by atoms with Crippen LogP contribution in [0.15, 0.2) is 30.3 Å². The van der Waals surface area contributed by atoms with Gasteiger partial charge in [0.15, 0.2) is 5.65 Å². The van der Waals surface area contributed by atoms with Crippen LogP contribution in [0.25, 0.3) is 22.3 Å². The molecule has 0 radical (unpaired) electrons. The summed E-state index contributed by atoms with van der Waals surface area (Å²) in [4.78, 5) is 17.1. The number of aromatic nitrogens is 3. The lowest BCUT2D eigenvalue weighted by molar-refractivity contribution is 0.0603. The summed E-state index contributed by atoms with van der Waals surface area (Å²) >= 11 is 5.98. The molecule has 0 fully saturated rings. The Hall–Kier alpha value is -2.40. The fourth-order valence-corrected chi connectivity index (χ4v) is 2.98. The van der Waals surface area contributed by atoms with Gasteiger partial charge in [0.25, 0.3) is 0 Å². The molecule has 0 aliphatic rings. The Kier molecular flexibility index (Phi) is 5.04. The van der Waals surface area contributed by atoms with Crippen LogP contribution < -0.4 is 0 Å². The van der Waals surface area contributed by atoms with Gasteiger partial charge in [-0.25, -0.2) is 14.5 Å². The molecular formula is C19H20ClN3O2. The van der Waals surface area contributed by atoms with Crippen LogP contribution in [0, 0.1) is 6.92 Å². The van der Waals surface area contributed by atoms with Crippen molar-refractivity contribution in [3.05, 3.63) is 46.6 Å². The number of ether oxygens (including phenoxy) is 1. The van der Waals surface area contributed by atoms with E-state index < -0.39 is 0 Å². The summed E-state index contributed by atoms with van der Waals surface area (Å²) in [7, 11) is 1.38. The molecule has 25 heavy (non-hydrogen) atoms. The fraction of sp³-hybridized carbons (Fsp3) is 0.316. The van der Waals surface area contributed by atoms with Crippen molar-refractivity contribution < 1.29 is 9.53 Å². The van der Waals surface area contributed by atoms with Crippen molar-refractivity contribution in [1.82, 2.24) is 14.8 Å². The Labute approximate surface area is 151 Å². The Bertz CT molecular complexity index is 917. The van der Waals surface area contributed by atoms with Crippen molar-refractivity contribution >= 4 is 28.6 Å². The number of nitrogens with zero attached hydrogens (tertiary/aromatic N) is 3. The molecule has 0 saturated carbocycles. The number of fused-ring (bicyclic) bond motifs is 1. The summed E-state index contributed by atoms with van der Waals surface area (Å²) in [5.41, 5.74) is 3.55. The van der Waals surface area contributed by atoms with Gasteiger partial charge in [-0.1, -0.05) is 37.1 Å². The number of carbonyl (C=O) groups excluding carboxylic acids is 1. The van der Waals surface area contributed by atoms with Crippen LogP contribution in [0.5, 0.6) is 0 Å². The molecule has 0 saturated heterocycles. The molecule has 0 amide bonds. The molecule has 2 aromatic heterocycles. The lowest BCUT2D eigenvalue weighted by Gasteiger charge is -2.08. The standard InChI is InChI=1S/C19H20ClN3O2/c1-4-5-10-23-18-17(12(2)22-23)15(19(24)25-3)11-16(21-18)13-6-8-14(20)9-7-13/h6-9,11H,4-5,10H2,1-3H3. The van der Waals surface area contributed by atoms with Gasteiger partial charge in [-0.15, -0.1) is 0 Å². The number of aryl methyl sites for hydroxylation is 2. The molecule has 0 unspecified atom stereocenters. The third-order valence-corrected chi connectivity index (χ3v) is 4.40. The highest BCUT2D eigenvalue weighted by Gasteiger charge is 2.20. The number of hydrogen-bond acceptors (Lipinski definition) is 4. The van der Waals surface area contributed by atoms with Gasteiger partial charge in [-0.05, 0) is 31.5 Å². The van der Waals surface area contributed by atoms with Crippen molar-refractivity contribution in [2.24, 2.45) is 0 Å². The first kappa shape index (κ1) is 17.4. The Morgan fingerprint density at radius 3 is 2.64 bits per heavy atom. The molecule has 5 nitrogen and oxygen atoms in total. The second kappa shape index (κ2) is 7.23. The van der Waals surface area contributed by atoms with Crippen LogP contribution in [0.2, 0.25) is 5.02 Å². The van der Waals surface area contributed by atoms with Crippen LogP contribution in [0.4, 0.5) is 0 Å². The van der Waals surface area contributed by atoms with Gasteiger partial charge in [0.05, 0.1) is 29.4 Å². The van der Waals surface area contributed by atoms with E-state index in [9.17, 15) is 4.79 Å². The summed E-state index contributed by atoms with van der Waals surface area (Å²) in [5, 5.41) is 5.98. The number of unbranched alkanes of at least 4 members (excludes halogenated alkanes) is 1. The maximum Gasteiger partial charge on any atom is 0.338 e. The minimum atomic E-state index is -0.388. The van der Waals surface area contributed by atoms with Crippen LogP contribution in [0.1, 0.15) is 35.8 Å². The lowest BCUT2D eigenvalue weighted by atomic mass is 10.1. The maximum absolute atomic E-state index is 12.3. The Morgan fingerprint density at radius 1 is 1.28 bits per heavy atom. The van der Waals surface area contributed by atoms with Crippen molar-refractivity contribution in [1.29, 1.82) is 0 Å². The van der Waals surface area contributed by atoms with Crippen molar-refractivity contribution in [2.75, 3.05) is 7.11 Å². The number of esters is 1. The molecule has 0 bridgehead atoms. The topological polar surface area (TPSA) is 57.0 Å². The summed E-state index contributed by atoms with van der Waals surface area (Å²) in [6.07, 6.45) is 2.05. The lowest BCUT2D eigenvalue weighted by Crippen LogP contribution is -2.05. The third kappa shape index (κ3) is 3.37. The predicted octanol–water partition coefficient (Wildman–Crippen LogP) is 4.65. The van der Waals surface area contributed by atoms with E-state index in [4.69, 9.17) is 21.3 Å². The monoisotopic (exact) mass is 357 g/mol. The molecule has 0 aliphatic carbocycles. The van der Waals surface area contributed by atoms with Crippen LogP contribution in [-0.2, 0) is 11.3 Å². The zero-order valence-electron chi connectivity index (χ0n) is 14.5. The van der Waals surface area contributed by atoms with Gasteiger partial charge in [0, 0.05) is 17.1 Å². The third-order valence-electron chi connectivity index (χ3n) is 4.15. The molecule has 3 rings (SSSR count). The quantitative estimate of drug-likeness (QED) is 0.624. The average molecular weight is 358 g/mol. The highest BCUT2D eigenvalue weighted by Crippen LogP contribution is 2.28. The number of hydrogen-bond donors (Lipinski definition) is 0. The van der Waals surface area contributed by atoms with E-state index >= 15 is 0 Å². The first-order chi connectivity index (χ1) is 12.0. The van der Waals surface area contributed by atoms with Crippen LogP contribution >= 0.6 is 11.6 Å². The summed E-state index contributed by atoms with van der Waals surface area (Å²) in [6.45, 7) is 4.78. The van der Waals surface area contributed by atoms with Gasteiger partial charge in [0.1, 0.15) is 0 Å². The Morgan fingerprint density at radius 2 is 2.00 bits per heavy atom. The number of carbonyl (C=O) groups is 1. The normalized spacial score (nSPS) is 11.0. The fourth-order valence-electron chi connectivity index (χ4n) is 2.86. The molecule has 1 aromatic carbocycles. The molecule has 2 heterocycles. The minimum absolute atomic E-state index is 0.388. The van der Waals surface area contributed by atoms with E-state index in [2.05, 4.69) is 12.0 Å². The van der Waals surface area contributed by atoms with E-state index in [0.717, 1.165) is 36.0 Å². The van der Waals surface area contributed by atoms with E-state index in [0.29, 0.717) is 21.9 Å². The number of benzene rings is 1. The van der Waals surface area contributed by atoms with Crippen LogP contribution in [0.3, 0.4) is 0 Å². The zero-order chi connectivity index (χ0) is 18.0. The average Bonchev–Trinajstić information content (AvgIpc) is 2.95. The van der Waals surface area contributed by atoms with Crippen molar-refractivity contribution in [3.8, 4) is 11.3 Å². The van der Waals surface area contributed by atoms with Gasteiger partial charge < -0.3 is 4.74 Å². The highest BCUT2D eigenvalue weighted by molar-refractivity contribution is 6.30. The summed E-state index contributed by atoms with van der Waals surface area (Å²) in [5.74, 6) is -0.388. The SMILES string of the molecule is CCCCn1nc(C)c2c(C(=O)OC)cc(-c3ccc(Cl)cc3)nc21. The molecule has 0 N–H and O–H groups in total. The summed E-state index contributed by atoms with van der Waals surface area (Å²) < 4.78 is 6.85. The predicted molar refractivity (Wildman–Crippen MR) is 99.0 cm³/mol. The largest absolute Gasteiger partial charge is 0.465 e. The second-order valence-electron chi connectivity index (χ2n) is 5.91. The number of pyridine rings is 1. The van der Waals surface area contributed by atoms with Crippen molar-refractivity contribution in [2.45, 2.75) is 33.2 Å². The minimum Gasteiger partial charge on any atom is -0.465 e. The molecule has 6 heteroatoms. The molecule has 0 spiro atoms. The van der Waals surface area contributed by atoms with E-state index in [1.54, 1.807) is 18.2 Å². The molecule has 130 valence electrons. The van der Waals surface area contributed by atoms with E-state index in [1.807, 2.05) is 23.7 Å². The second-order valence-corrected chi connectivity index (χ2v) is 6.35. The van der Waals surface area contributed by atoms with Gasteiger partial charge >= 0.3 is 5.97 Å². The maximum atomic E-state index is 12.3. The van der Waals surface area contributed by atoms with Crippen LogP contribution in [-0.4, -0.2) is 27.8 Å². The van der Waals surface area contributed by atoms with E-state index in [-0.39, 0.29) is 5.97 Å². The molecule has 0 atom stereocenters. The molecular weight excluding hydrogens is 338 g/mol. The number of methoxy groups -OCH3 is 1. The number of halogens is 1. The first-order valence-electron chi connectivity index (χ1n) is 8.27. The highest BCUT2D eigenvalue weighted by atomic mass is 35.5. The zero-order valence-corrected chi connectivity index (χ0v) is 15.3. The summed E-state index contributed by atoms with van der Waals surface area (Å²) in [6, 6.07) is 9.14. The first-order valence-corrected chi connectivity index (χ1v) is 8.65. The molecule has 0 aliphatic heterocycles. The number of rotatable bonds is 5.